The van der Waals surface area contributed by atoms with Gasteiger partial charge in [-0.3, -0.25) is 19.7 Å². The molecule has 2 heterocycles. The molecule has 0 aliphatic carbocycles. The number of thioether (sulfide) groups is 2. The lowest BCUT2D eigenvalue weighted by Crippen LogP contribution is -2.30. The van der Waals surface area contributed by atoms with Crippen molar-refractivity contribution < 1.29 is 18.8 Å². The van der Waals surface area contributed by atoms with E-state index >= 15 is 0 Å². The number of aromatic nitrogens is 2. The van der Waals surface area contributed by atoms with Crippen LogP contribution in [0.15, 0.2) is 93.2 Å². The Morgan fingerprint density at radius 2 is 1.84 bits per heavy atom. The van der Waals surface area contributed by atoms with Gasteiger partial charge in [0.2, 0.25) is 16.2 Å². The van der Waals surface area contributed by atoms with E-state index in [1.54, 1.807) is 60.7 Å². The Morgan fingerprint density at radius 3 is 2.61 bits per heavy atom. The van der Waals surface area contributed by atoms with Crippen molar-refractivity contribution in [2.24, 2.45) is 0 Å². The Morgan fingerprint density at radius 1 is 1.00 bits per heavy atom. The third kappa shape index (κ3) is 8.07. The summed E-state index contributed by atoms with van der Waals surface area (Å²) in [6, 6.07) is 19.0. The zero-order chi connectivity index (χ0) is 26.7. The number of nitrogens with zero attached hydrogens (tertiary/aromatic N) is 2. The van der Waals surface area contributed by atoms with Crippen molar-refractivity contribution in [3.63, 3.8) is 0 Å². The number of anilines is 2. The highest BCUT2D eigenvalue weighted by Gasteiger charge is 2.16. The molecule has 3 amide bonds. The second-order valence-electron chi connectivity index (χ2n) is 7.53. The van der Waals surface area contributed by atoms with Crippen molar-refractivity contribution in [2.75, 3.05) is 22.1 Å². The highest BCUT2D eigenvalue weighted by molar-refractivity contribution is 8.00. The zero-order valence-electron chi connectivity index (χ0n) is 20.2. The first-order valence-corrected chi connectivity index (χ1v) is 14.2. The van der Waals surface area contributed by atoms with Crippen molar-refractivity contribution in [3.8, 4) is 0 Å². The minimum atomic E-state index is -0.525. The minimum Gasteiger partial charge on any atom is -0.465 e. The van der Waals surface area contributed by atoms with Crippen LogP contribution in [0.2, 0.25) is 0 Å². The van der Waals surface area contributed by atoms with Crippen LogP contribution in [0.3, 0.4) is 0 Å². The molecule has 9 nitrogen and oxygen atoms in total. The van der Waals surface area contributed by atoms with Crippen LogP contribution >= 0.6 is 35.1 Å². The first-order valence-electron chi connectivity index (χ1n) is 11.4. The maximum atomic E-state index is 13.1. The number of furan rings is 1. The Kier molecular flexibility index (Phi) is 9.73. The summed E-state index contributed by atoms with van der Waals surface area (Å²) in [5.74, 6) is 0.263. The van der Waals surface area contributed by atoms with E-state index in [0.29, 0.717) is 27.3 Å². The lowest BCUT2D eigenvalue weighted by Gasteiger charge is -2.11. The van der Waals surface area contributed by atoms with E-state index in [-0.39, 0.29) is 17.4 Å². The molecular formula is C26H23N5O4S3. The van der Waals surface area contributed by atoms with Crippen LogP contribution in [0.4, 0.5) is 10.8 Å². The summed E-state index contributed by atoms with van der Waals surface area (Å²) in [4.78, 5) is 43.2. The van der Waals surface area contributed by atoms with Crippen molar-refractivity contribution >= 4 is 69.7 Å². The first kappa shape index (κ1) is 27.2. The summed E-state index contributed by atoms with van der Waals surface area (Å²) in [7, 11) is 0. The van der Waals surface area contributed by atoms with Gasteiger partial charge in [-0.25, -0.2) is 0 Å². The molecule has 0 aliphatic rings. The number of carbonyl (C=O) groups excluding carboxylic acids is 3. The number of nitrogens with one attached hydrogen (secondary N) is 3. The molecule has 38 heavy (non-hydrogen) atoms. The largest absolute Gasteiger partial charge is 0.465 e. The smallest absolute Gasteiger partial charge is 0.272 e. The molecule has 4 rings (SSSR count). The zero-order valence-corrected chi connectivity index (χ0v) is 22.6. The fourth-order valence-electron chi connectivity index (χ4n) is 3.07. The van der Waals surface area contributed by atoms with Gasteiger partial charge in [0.15, 0.2) is 0 Å². The third-order valence-corrected chi connectivity index (χ3v) is 7.22. The Balaban J connectivity index is 1.38. The van der Waals surface area contributed by atoms with E-state index < -0.39 is 11.8 Å². The standard InChI is InChI=1S/C26H23N5O4S3/c1-2-36-26-30-25(38-31-26)29-22(32)16-37-20-12-6-10-18(14-20)27-24(34)21(15-19-11-7-13-35-19)28-23(33)17-8-4-3-5-9-17/h3-15H,2,16H2,1H3,(H,27,34)(H,28,33)(H,29,30,31,32)/b21-15-. The molecule has 194 valence electrons. The number of rotatable bonds is 11. The summed E-state index contributed by atoms with van der Waals surface area (Å²) >= 11 is 3.97. The van der Waals surface area contributed by atoms with Crippen molar-refractivity contribution in [1.29, 1.82) is 0 Å². The molecule has 4 aromatic rings. The van der Waals surface area contributed by atoms with E-state index in [0.717, 1.165) is 22.2 Å². The van der Waals surface area contributed by atoms with E-state index in [2.05, 4.69) is 25.3 Å². The highest BCUT2D eigenvalue weighted by Crippen LogP contribution is 2.24. The Bertz CT molecular complexity index is 1420. The fourth-order valence-corrected chi connectivity index (χ4v) is 5.11. The normalized spacial score (nSPS) is 11.1. The van der Waals surface area contributed by atoms with Crippen LogP contribution in [0, 0.1) is 0 Å². The molecule has 0 radical (unpaired) electrons. The molecule has 0 fully saturated rings. The van der Waals surface area contributed by atoms with E-state index in [1.807, 2.05) is 13.0 Å². The molecule has 0 spiro atoms. The molecule has 2 aromatic carbocycles. The summed E-state index contributed by atoms with van der Waals surface area (Å²) in [5, 5.41) is 9.31. The van der Waals surface area contributed by atoms with Crippen LogP contribution in [0.25, 0.3) is 6.08 Å². The quantitative estimate of drug-likeness (QED) is 0.163. The van der Waals surface area contributed by atoms with Crippen molar-refractivity contribution in [1.82, 2.24) is 14.7 Å². The molecular weight excluding hydrogens is 543 g/mol. The molecule has 0 bridgehead atoms. The second-order valence-corrected chi connectivity index (χ2v) is 10.6. The maximum Gasteiger partial charge on any atom is 0.272 e. The molecule has 3 N–H and O–H groups in total. The van der Waals surface area contributed by atoms with Crippen LogP contribution in [0.1, 0.15) is 23.0 Å². The first-order chi connectivity index (χ1) is 18.5. The lowest BCUT2D eigenvalue weighted by atomic mass is 10.2. The monoisotopic (exact) mass is 565 g/mol. The summed E-state index contributed by atoms with van der Waals surface area (Å²) in [6.45, 7) is 2.01. The molecule has 0 aliphatic heterocycles. The predicted molar refractivity (Wildman–Crippen MR) is 151 cm³/mol. The molecule has 0 saturated carbocycles. The average molecular weight is 566 g/mol. The number of benzene rings is 2. The van der Waals surface area contributed by atoms with Gasteiger partial charge in [-0.15, -0.1) is 11.8 Å². The third-order valence-electron chi connectivity index (χ3n) is 4.75. The van der Waals surface area contributed by atoms with Gasteiger partial charge in [-0.05, 0) is 48.2 Å². The predicted octanol–water partition coefficient (Wildman–Crippen LogP) is 5.38. The summed E-state index contributed by atoms with van der Waals surface area (Å²) in [6.07, 6.45) is 2.93. The van der Waals surface area contributed by atoms with Crippen molar-refractivity contribution in [2.45, 2.75) is 17.0 Å². The second kappa shape index (κ2) is 13.6. The van der Waals surface area contributed by atoms with Gasteiger partial charge >= 0.3 is 0 Å². The Hall–Kier alpha value is -3.87. The number of hydrogen-bond acceptors (Lipinski definition) is 9. The molecule has 2 aromatic heterocycles. The van der Waals surface area contributed by atoms with Gasteiger partial charge in [0.25, 0.3) is 11.8 Å². The molecule has 0 atom stereocenters. The minimum absolute atomic E-state index is 0.0175. The summed E-state index contributed by atoms with van der Waals surface area (Å²) < 4.78 is 9.51. The SMILES string of the molecule is CCSc1nsc(NC(=O)CSc2cccc(NC(=O)/C(=C/c3ccco3)NC(=O)c3ccccc3)c2)n1. The number of carbonyl (C=O) groups is 3. The highest BCUT2D eigenvalue weighted by atomic mass is 32.2. The van der Waals surface area contributed by atoms with E-state index in [4.69, 9.17) is 4.42 Å². The van der Waals surface area contributed by atoms with Crippen LogP contribution in [-0.4, -0.2) is 38.6 Å². The maximum absolute atomic E-state index is 13.1. The topological polar surface area (TPSA) is 126 Å². The van der Waals surface area contributed by atoms with E-state index in [9.17, 15) is 14.4 Å². The van der Waals surface area contributed by atoms with Crippen LogP contribution < -0.4 is 16.0 Å². The molecule has 12 heteroatoms. The van der Waals surface area contributed by atoms with Crippen LogP contribution in [-0.2, 0) is 9.59 Å². The van der Waals surface area contributed by atoms with Gasteiger partial charge in [0.05, 0.1) is 12.0 Å². The van der Waals surface area contributed by atoms with Crippen LogP contribution in [0.5, 0.6) is 0 Å². The average Bonchev–Trinajstić information content (AvgIpc) is 3.60. The molecule has 0 unspecified atom stereocenters. The van der Waals surface area contributed by atoms with E-state index in [1.165, 1.54) is 35.9 Å². The van der Waals surface area contributed by atoms with Gasteiger partial charge in [-0.2, -0.15) is 9.36 Å². The van der Waals surface area contributed by atoms with Gasteiger partial charge in [0, 0.05) is 33.8 Å². The number of hydrogen-bond donors (Lipinski definition) is 3. The molecule has 0 saturated heterocycles. The summed E-state index contributed by atoms with van der Waals surface area (Å²) in [5.41, 5.74) is 0.935. The number of amides is 3. The van der Waals surface area contributed by atoms with Gasteiger partial charge < -0.3 is 15.1 Å². The van der Waals surface area contributed by atoms with Crippen molar-refractivity contribution in [3.05, 3.63) is 90.0 Å². The fraction of sp³-hybridized carbons (Fsp3) is 0.115. The lowest BCUT2D eigenvalue weighted by molar-refractivity contribution is -0.114. The Labute approximate surface area is 231 Å². The van der Waals surface area contributed by atoms with Gasteiger partial charge in [0.1, 0.15) is 11.5 Å². The van der Waals surface area contributed by atoms with Gasteiger partial charge in [-0.1, -0.05) is 43.0 Å².